The molecule has 0 aliphatic heterocycles. The Labute approximate surface area is 159 Å². The van der Waals surface area contributed by atoms with Gasteiger partial charge in [-0.25, -0.2) is 4.79 Å². The SMILES string of the molecule is O=C(OC(C(=O)c1ccccc1)c1ccccc1)c1ccccc1I. The number of esters is 1. The third-order valence-corrected chi connectivity index (χ3v) is 4.66. The molecule has 25 heavy (non-hydrogen) atoms. The van der Waals surface area contributed by atoms with Gasteiger partial charge < -0.3 is 4.74 Å². The van der Waals surface area contributed by atoms with Gasteiger partial charge in [0.2, 0.25) is 5.78 Å². The van der Waals surface area contributed by atoms with Crippen LogP contribution < -0.4 is 0 Å². The van der Waals surface area contributed by atoms with Gasteiger partial charge in [-0.1, -0.05) is 72.8 Å². The van der Waals surface area contributed by atoms with Gasteiger partial charge in [-0.2, -0.15) is 0 Å². The number of rotatable bonds is 5. The van der Waals surface area contributed by atoms with E-state index in [0.717, 1.165) is 3.57 Å². The molecule has 0 aliphatic carbocycles. The largest absolute Gasteiger partial charge is 0.445 e. The number of carbonyl (C=O) groups excluding carboxylic acids is 2. The number of halogens is 1. The number of carbonyl (C=O) groups is 2. The van der Waals surface area contributed by atoms with E-state index in [1.54, 1.807) is 48.5 Å². The number of Topliss-reactive ketones (excluding diaryl/α,β-unsaturated/α-hetero) is 1. The molecule has 0 bridgehead atoms. The molecule has 1 unspecified atom stereocenters. The summed E-state index contributed by atoms with van der Waals surface area (Å²) in [5, 5.41) is 0. The zero-order chi connectivity index (χ0) is 17.6. The Balaban J connectivity index is 1.94. The molecular weight excluding hydrogens is 427 g/mol. The first-order chi connectivity index (χ1) is 12.2. The molecule has 0 N–H and O–H groups in total. The maximum absolute atomic E-state index is 12.9. The standard InChI is InChI=1S/C21H15IO3/c22-18-14-8-7-13-17(18)21(24)25-20(16-11-5-2-6-12-16)19(23)15-9-3-1-4-10-15/h1-14,20H. The fourth-order valence-corrected chi connectivity index (χ4v) is 3.06. The lowest BCUT2D eigenvalue weighted by Crippen LogP contribution is -2.20. The van der Waals surface area contributed by atoms with Gasteiger partial charge in [-0.3, -0.25) is 4.79 Å². The Hall–Kier alpha value is -2.47. The zero-order valence-corrected chi connectivity index (χ0v) is 15.4. The van der Waals surface area contributed by atoms with E-state index >= 15 is 0 Å². The topological polar surface area (TPSA) is 43.4 Å². The minimum Gasteiger partial charge on any atom is -0.445 e. The maximum Gasteiger partial charge on any atom is 0.340 e. The summed E-state index contributed by atoms with van der Waals surface area (Å²) >= 11 is 2.08. The van der Waals surface area contributed by atoms with Crippen molar-refractivity contribution in [3.63, 3.8) is 0 Å². The van der Waals surface area contributed by atoms with Crippen LogP contribution in [0.4, 0.5) is 0 Å². The maximum atomic E-state index is 12.9. The Kier molecular flexibility index (Phi) is 5.60. The summed E-state index contributed by atoms with van der Waals surface area (Å²) in [5.74, 6) is -0.755. The van der Waals surface area contributed by atoms with E-state index in [-0.39, 0.29) is 5.78 Å². The highest BCUT2D eigenvalue weighted by Crippen LogP contribution is 2.25. The lowest BCUT2D eigenvalue weighted by atomic mass is 10.00. The smallest absolute Gasteiger partial charge is 0.340 e. The first-order valence-electron chi connectivity index (χ1n) is 7.76. The van der Waals surface area contributed by atoms with Crippen molar-refractivity contribution in [2.45, 2.75) is 6.10 Å². The molecule has 0 radical (unpaired) electrons. The van der Waals surface area contributed by atoms with E-state index in [9.17, 15) is 9.59 Å². The van der Waals surface area contributed by atoms with Crippen LogP contribution in [0.1, 0.15) is 32.4 Å². The lowest BCUT2D eigenvalue weighted by molar-refractivity contribution is 0.0279. The second-order valence-electron chi connectivity index (χ2n) is 5.41. The Bertz CT molecular complexity index is 876. The van der Waals surface area contributed by atoms with Crippen LogP contribution in [0.5, 0.6) is 0 Å². The van der Waals surface area contributed by atoms with E-state index in [1.807, 2.05) is 36.4 Å². The van der Waals surface area contributed by atoms with Gasteiger partial charge in [-0.15, -0.1) is 0 Å². The van der Waals surface area contributed by atoms with Gasteiger partial charge in [0.25, 0.3) is 0 Å². The molecule has 3 aromatic rings. The van der Waals surface area contributed by atoms with Gasteiger partial charge in [0, 0.05) is 14.7 Å². The Morgan fingerprint density at radius 1 is 0.760 bits per heavy atom. The molecule has 3 nitrogen and oxygen atoms in total. The third-order valence-electron chi connectivity index (χ3n) is 3.72. The molecule has 0 aromatic heterocycles. The van der Waals surface area contributed by atoms with Gasteiger partial charge in [0.05, 0.1) is 5.56 Å². The molecule has 0 heterocycles. The number of ether oxygens (including phenoxy) is 1. The first-order valence-corrected chi connectivity index (χ1v) is 8.84. The third kappa shape index (κ3) is 4.14. The van der Waals surface area contributed by atoms with Crippen LogP contribution in [0.25, 0.3) is 0 Å². The fraction of sp³-hybridized carbons (Fsp3) is 0.0476. The molecule has 0 saturated heterocycles. The van der Waals surface area contributed by atoms with E-state index in [1.165, 1.54) is 0 Å². The van der Waals surface area contributed by atoms with Gasteiger partial charge >= 0.3 is 5.97 Å². The van der Waals surface area contributed by atoms with Crippen molar-refractivity contribution >= 4 is 34.3 Å². The summed E-state index contributed by atoms with van der Waals surface area (Å²) < 4.78 is 6.41. The highest BCUT2D eigenvalue weighted by molar-refractivity contribution is 14.1. The molecule has 0 fully saturated rings. The molecule has 0 spiro atoms. The molecule has 0 amide bonds. The van der Waals surface area contributed by atoms with Gasteiger partial charge in [0.15, 0.2) is 6.10 Å². The number of hydrogen-bond acceptors (Lipinski definition) is 3. The molecule has 0 aliphatic rings. The summed E-state index contributed by atoms with van der Waals surface area (Å²) in [5.41, 5.74) is 1.60. The number of hydrogen-bond donors (Lipinski definition) is 0. The van der Waals surface area contributed by atoms with E-state index in [4.69, 9.17) is 4.74 Å². The monoisotopic (exact) mass is 442 g/mol. The predicted molar refractivity (Wildman–Crippen MR) is 105 cm³/mol. The fourth-order valence-electron chi connectivity index (χ4n) is 2.45. The first kappa shape index (κ1) is 17.4. The number of ketones is 1. The van der Waals surface area contributed by atoms with E-state index in [0.29, 0.717) is 16.7 Å². The van der Waals surface area contributed by atoms with Crippen molar-refractivity contribution in [1.29, 1.82) is 0 Å². The quantitative estimate of drug-likeness (QED) is 0.315. The average Bonchev–Trinajstić information content (AvgIpc) is 2.67. The molecule has 0 saturated carbocycles. The van der Waals surface area contributed by atoms with Crippen LogP contribution in [0.15, 0.2) is 84.9 Å². The minimum absolute atomic E-state index is 0.244. The minimum atomic E-state index is -0.980. The van der Waals surface area contributed by atoms with Crippen LogP contribution >= 0.6 is 22.6 Å². The summed E-state index contributed by atoms with van der Waals surface area (Å²) in [6, 6.07) is 25.1. The predicted octanol–water partition coefficient (Wildman–Crippen LogP) is 5.07. The zero-order valence-electron chi connectivity index (χ0n) is 13.3. The lowest BCUT2D eigenvalue weighted by Gasteiger charge is -2.18. The van der Waals surface area contributed by atoms with E-state index in [2.05, 4.69) is 22.6 Å². The summed E-state index contributed by atoms with van der Waals surface area (Å²) in [6.45, 7) is 0. The molecule has 1 atom stereocenters. The van der Waals surface area contributed by atoms with E-state index < -0.39 is 12.1 Å². The second kappa shape index (κ2) is 8.07. The molecule has 4 heteroatoms. The molecule has 3 rings (SSSR count). The van der Waals surface area contributed by atoms with Crippen molar-refractivity contribution in [3.8, 4) is 0 Å². The molecule has 3 aromatic carbocycles. The van der Waals surface area contributed by atoms with Gasteiger partial charge in [-0.05, 0) is 34.7 Å². The van der Waals surface area contributed by atoms with Crippen molar-refractivity contribution in [2.75, 3.05) is 0 Å². The van der Waals surface area contributed by atoms with Crippen molar-refractivity contribution < 1.29 is 14.3 Å². The molecular formula is C21H15IO3. The average molecular weight is 442 g/mol. The van der Waals surface area contributed by atoms with Crippen LogP contribution in [-0.2, 0) is 4.74 Å². The van der Waals surface area contributed by atoms with Crippen LogP contribution in [0.3, 0.4) is 0 Å². The van der Waals surface area contributed by atoms with Gasteiger partial charge in [0.1, 0.15) is 0 Å². The second-order valence-corrected chi connectivity index (χ2v) is 6.57. The van der Waals surface area contributed by atoms with Crippen molar-refractivity contribution in [2.24, 2.45) is 0 Å². The van der Waals surface area contributed by atoms with Crippen LogP contribution in [-0.4, -0.2) is 11.8 Å². The highest BCUT2D eigenvalue weighted by Gasteiger charge is 2.27. The summed E-state index contributed by atoms with van der Waals surface area (Å²) in [4.78, 5) is 25.5. The van der Waals surface area contributed by atoms with Crippen LogP contribution in [0.2, 0.25) is 0 Å². The number of benzene rings is 3. The van der Waals surface area contributed by atoms with Crippen molar-refractivity contribution in [3.05, 3.63) is 105 Å². The highest BCUT2D eigenvalue weighted by atomic mass is 127. The summed E-state index contributed by atoms with van der Waals surface area (Å²) in [7, 11) is 0. The normalized spacial score (nSPS) is 11.6. The van der Waals surface area contributed by atoms with Crippen molar-refractivity contribution in [1.82, 2.24) is 0 Å². The summed E-state index contributed by atoms with van der Waals surface area (Å²) in [6.07, 6.45) is -0.980. The van der Waals surface area contributed by atoms with Crippen LogP contribution in [0, 0.1) is 3.57 Å². The molecule has 124 valence electrons. The Morgan fingerprint density at radius 3 is 1.96 bits per heavy atom. The Morgan fingerprint density at radius 2 is 1.32 bits per heavy atom.